The maximum absolute atomic E-state index is 10.3. The van der Waals surface area contributed by atoms with Gasteiger partial charge in [0.1, 0.15) is 0 Å². The highest BCUT2D eigenvalue weighted by Gasteiger charge is 2.32. The minimum Gasteiger partial charge on any atom is -0.388 e. The van der Waals surface area contributed by atoms with E-state index in [1.54, 1.807) is 0 Å². The second-order valence-corrected chi connectivity index (χ2v) is 5.50. The Bertz CT molecular complexity index is 180. The van der Waals surface area contributed by atoms with E-state index in [-0.39, 0.29) is 5.54 Å². The average Bonchev–Trinajstić information content (AvgIpc) is 2.02. The van der Waals surface area contributed by atoms with Gasteiger partial charge in [-0.1, -0.05) is 0 Å². The van der Waals surface area contributed by atoms with Crippen LogP contribution in [0.3, 0.4) is 0 Å². The van der Waals surface area contributed by atoms with Gasteiger partial charge in [-0.05, 0) is 53.8 Å². The molecule has 3 nitrogen and oxygen atoms in total. The smallest absolute Gasteiger partial charge is 0.0798 e. The fraction of sp³-hybridized carbons (Fsp3) is 1.00. The van der Waals surface area contributed by atoms with Crippen molar-refractivity contribution in [2.24, 2.45) is 0 Å². The lowest BCUT2D eigenvalue weighted by atomic mass is 9.90. The van der Waals surface area contributed by atoms with E-state index in [9.17, 15) is 5.11 Å². The molecule has 1 rings (SSSR count). The summed E-state index contributed by atoms with van der Waals surface area (Å²) in [5, 5.41) is 13.6. The predicted octanol–water partition coefficient (Wildman–Crippen LogP) is 0.831. The van der Waals surface area contributed by atoms with Crippen molar-refractivity contribution < 1.29 is 5.11 Å². The summed E-state index contributed by atoms with van der Waals surface area (Å²) >= 11 is 0. The number of hydrogen-bond acceptors (Lipinski definition) is 3. The van der Waals surface area contributed by atoms with Gasteiger partial charge in [-0.25, -0.2) is 0 Å². The minimum atomic E-state index is -0.479. The number of aliphatic hydroxyl groups is 1. The van der Waals surface area contributed by atoms with E-state index in [0.717, 1.165) is 32.5 Å². The molecule has 3 heteroatoms. The van der Waals surface area contributed by atoms with Crippen LogP contribution in [0.1, 0.15) is 33.6 Å². The monoisotopic (exact) mass is 200 g/mol. The van der Waals surface area contributed by atoms with Crippen molar-refractivity contribution >= 4 is 0 Å². The van der Waals surface area contributed by atoms with Crippen LogP contribution in [0.15, 0.2) is 0 Å². The fourth-order valence-corrected chi connectivity index (χ4v) is 1.73. The van der Waals surface area contributed by atoms with Crippen molar-refractivity contribution in [3.63, 3.8) is 0 Å². The van der Waals surface area contributed by atoms with Gasteiger partial charge >= 0.3 is 0 Å². The summed E-state index contributed by atoms with van der Waals surface area (Å²) in [6, 6.07) is 0. The molecule has 1 saturated heterocycles. The van der Waals surface area contributed by atoms with Crippen LogP contribution in [0.25, 0.3) is 0 Å². The van der Waals surface area contributed by atoms with Crippen LogP contribution in [-0.4, -0.2) is 47.8 Å². The molecular weight excluding hydrogens is 176 g/mol. The number of nitrogens with zero attached hydrogens (tertiary/aromatic N) is 1. The summed E-state index contributed by atoms with van der Waals surface area (Å²) in [7, 11) is 2.08. The predicted molar refractivity (Wildman–Crippen MR) is 59.4 cm³/mol. The molecule has 0 amide bonds. The van der Waals surface area contributed by atoms with Crippen LogP contribution in [0.4, 0.5) is 0 Å². The van der Waals surface area contributed by atoms with Crippen LogP contribution in [0, 0.1) is 0 Å². The van der Waals surface area contributed by atoms with Gasteiger partial charge in [0.2, 0.25) is 0 Å². The topological polar surface area (TPSA) is 35.5 Å². The first-order valence-electron chi connectivity index (χ1n) is 5.48. The first-order valence-corrected chi connectivity index (χ1v) is 5.48. The molecular formula is C11H24N2O. The maximum atomic E-state index is 10.3. The van der Waals surface area contributed by atoms with Crippen LogP contribution in [0.2, 0.25) is 0 Å². The van der Waals surface area contributed by atoms with Crippen molar-refractivity contribution in [3.05, 3.63) is 0 Å². The van der Waals surface area contributed by atoms with Crippen molar-refractivity contribution in [3.8, 4) is 0 Å². The zero-order valence-electron chi connectivity index (χ0n) is 9.93. The summed E-state index contributed by atoms with van der Waals surface area (Å²) in [6.07, 6.45) is 1.74. The summed E-state index contributed by atoms with van der Waals surface area (Å²) in [5.74, 6) is 0. The minimum absolute atomic E-state index is 0.139. The summed E-state index contributed by atoms with van der Waals surface area (Å²) in [5.41, 5.74) is -0.339. The van der Waals surface area contributed by atoms with E-state index < -0.39 is 5.60 Å². The molecule has 0 spiro atoms. The molecule has 0 saturated carbocycles. The maximum Gasteiger partial charge on any atom is 0.0798 e. The quantitative estimate of drug-likeness (QED) is 0.693. The Hall–Kier alpha value is -0.120. The first-order chi connectivity index (χ1) is 6.33. The molecule has 14 heavy (non-hydrogen) atoms. The van der Waals surface area contributed by atoms with E-state index in [1.807, 2.05) is 0 Å². The van der Waals surface area contributed by atoms with Crippen molar-refractivity contribution in [2.75, 3.05) is 26.7 Å². The van der Waals surface area contributed by atoms with Gasteiger partial charge in [0.15, 0.2) is 0 Å². The molecule has 1 aliphatic heterocycles. The van der Waals surface area contributed by atoms with E-state index in [4.69, 9.17) is 0 Å². The summed E-state index contributed by atoms with van der Waals surface area (Å²) in [6.45, 7) is 9.19. The van der Waals surface area contributed by atoms with Gasteiger partial charge in [-0.3, -0.25) is 4.90 Å². The SMILES string of the molecule is CN(CC1(O)CCNCC1)C(C)(C)C. The Balaban J connectivity index is 2.49. The van der Waals surface area contributed by atoms with E-state index in [2.05, 4.69) is 38.0 Å². The number of rotatable bonds is 2. The number of hydrogen-bond donors (Lipinski definition) is 2. The molecule has 0 unspecified atom stereocenters. The average molecular weight is 200 g/mol. The molecule has 0 aromatic rings. The van der Waals surface area contributed by atoms with Crippen LogP contribution >= 0.6 is 0 Å². The second-order valence-electron chi connectivity index (χ2n) is 5.50. The highest BCUT2D eigenvalue weighted by atomic mass is 16.3. The third-order valence-electron chi connectivity index (χ3n) is 3.21. The van der Waals surface area contributed by atoms with E-state index >= 15 is 0 Å². The third-order valence-corrected chi connectivity index (χ3v) is 3.21. The van der Waals surface area contributed by atoms with Crippen molar-refractivity contribution in [1.29, 1.82) is 0 Å². The largest absolute Gasteiger partial charge is 0.388 e. The zero-order valence-corrected chi connectivity index (χ0v) is 9.93. The second kappa shape index (κ2) is 4.17. The molecule has 2 N–H and O–H groups in total. The third kappa shape index (κ3) is 3.23. The van der Waals surface area contributed by atoms with E-state index in [0.29, 0.717) is 0 Å². The first kappa shape index (κ1) is 12.0. The molecule has 0 bridgehead atoms. The Labute approximate surface area is 87.5 Å². The van der Waals surface area contributed by atoms with Gasteiger partial charge < -0.3 is 10.4 Å². The molecule has 1 fully saturated rings. The van der Waals surface area contributed by atoms with Crippen LogP contribution < -0.4 is 5.32 Å². The van der Waals surface area contributed by atoms with Gasteiger partial charge in [0, 0.05) is 12.1 Å². The molecule has 0 aromatic heterocycles. The molecule has 84 valence electrons. The number of β-amino-alcohol motifs (C(OH)–C–C–N with tert-alkyl or cyclic N) is 1. The van der Waals surface area contributed by atoms with Crippen LogP contribution in [-0.2, 0) is 0 Å². The number of piperidine rings is 1. The normalized spacial score (nSPS) is 22.7. The van der Waals surface area contributed by atoms with Crippen LogP contribution in [0.5, 0.6) is 0 Å². The zero-order chi connectivity index (χ0) is 10.8. The Kier molecular flexibility index (Phi) is 3.56. The standard InChI is InChI=1S/C11H24N2O/c1-10(2,3)13(4)9-11(14)5-7-12-8-6-11/h12,14H,5-9H2,1-4H3. The van der Waals surface area contributed by atoms with Crippen molar-refractivity contribution in [1.82, 2.24) is 10.2 Å². The lowest BCUT2D eigenvalue weighted by molar-refractivity contribution is -0.0334. The molecule has 0 aliphatic carbocycles. The molecule has 0 aromatic carbocycles. The molecule has 0 radical (unpaired) electrons. The van der Waals surface area contributed by atoms with Gasteiger partial charge in [0.05, 0.1) is 5.60 Å². The lowest BCUT2D eigenvalue weighted by Crippen LogP contribution is -2.52. The van der Waals surface area contributed by atoms with Gasteiger partial charge in [-0.15, -0.1) is 0 Å². The molecule has 1 aliphatic rings. The highest BCUT2D eigenvalue weighted by Crippen LogP contribution is 2.22. The van der Waals surface area contributed by atoms with E-state index in [1.165, 1.54) is 0 Å². The molecule has 0 atom stereocenters. The molecule has 1 heterocycles. The van der Waals surface area contributed by atoms with Gasteiger partial charge in [-0.2, -0.15) is 0 Å². The Morgan fingerprint density at radius 2 is 1.79 bits per heavy atom. The highest BCUT2D eigenvalue weighted by molar-refractivity contribution is 4.89. The summed E-state index contributed by atoms with van der Waals surface area (Å²) in [4.78, 5) is 2.23. The Morgan fingerprint density at radius 1 is 1.29 bits per heavy atom. The number of nitrogens with one attached hydrogen (secondary N) is 1. The fourth-order valence-electron chi connectivity index (χ4n) is 1.73. The summed E-state index contributed by atoms with van der Waals surface area (Å²) < 4.78 is 0. The lowest BCUT2D eigenvalue weighted by Gasteiger charge is -2.41. The Morgan fingerprint density at radius 3 is 2.21 bits per heavy atom. The number of likely N-dealkylation sites (N-methyl/N-ethyl adjacent to an activating group) is 1. The van der Waals surface area contributed by atoms with Gasteiger partial charge in [0.25, 0.3) is 0 Å². The van der Waals surface area contributed by atoms with Crippen molar-refractivity contribution in [2.45, 2.75) is 44.8 Å².